The van der Waals surface area contributed by atoms with Crippen LogP contribution in [-0.4, -0.2) is 39.9 Å². The van der Waals surface area contributed by atoms with E-state index in [0.717, 1.165) is 16.9 Å². The number of thiophene rings is 1. The van der Waals surface area contributed by atoms with Crippen LogP contribution >= 0.6 is 11.3 Å². The van der Waals surface area contributed by atoms with Crippen molar-refractivity contribution in [1.82, 2.24) is 14.5 Å². The van der Waals surface area contributed by atoms with Crippen LogP contribution in [0.2, 0.25) is 0 Å². The second-order valence-corrected chi connectivity index (χ2v) is 7.97. The number of aromatic nitrogens is 2. The second-order valence-electron chi connectivity index (χ2n) is 7.11. The molecule has 0 saturated carbocycles. The minimum Gasteiger partial charge on any atom is -0.497 e. The first-order valence-corrected chi connectivity index (χ1v) is 10.5. The van der Waals surface area contributed by atoms with Crippen molar-refractivity contribution in [1.29, 1.82) is 0 Å². The van der Waals surface area contributed by atoms with Crippen molar-refractivity contribution in [3.63, 3.8) is 0 Å². The predicted octanol–water partition coefficient (Wildman–Crippen LogP) is 3.43. The van der Waals surface area contributed by atoms with Crippen molar-refractivity contribution < 1.29 is 14.3 Å². The number of carbonyl (C=O) groups excluding carboxylic acids is 2. The fourth-order valence-corrected chi connectivity index (χ4v) is 4.67. The fraction of sp³-hybridized carbons (Fsp3) is 0.130. The van der Waals surface area contributed by atoms with Gasteiger partial charge in [0.1, 0.15) is 10.6 Å². The molecule has 31 heavy (non-hydrogen) atoms. The van der Waals surface area contributed by atoms with E-state index in [2.05, 4.69) is 4.98 Å². The van der Waals surface area contributed by atoms with E-state index in [-0.39, 0.29) is 30.5 Å². The molecule has 0 N–H and O–H groups in total. The van der Waals surface area contributed by atoms with Crippen LogP contribution in [0, 0.1) is 0 Å². The van der Waals surface area contributed by atoms with Crippen LogP contribution < -0.4 is 10.3 Å². The Morgan fingerprint density at radius 3 is 2.23 bits per heavy atom. The van der Waals surface area contributed by atoms with Gasteiger partial charge >= 0.3 is 0 Å². The van der Waals surface area contributed by atoms with Gasteiger partial charge in [0.25, 0.3) is 17.4 Å². The molecule has 0 spiro atoms. The molecule has 4 aromatic rings. The molecule has 0 aliphatic carbocycles. The van der Waals surface area contributed by atoms with Gasteiger partial charge in [0, 0.05) is 24.0 Å². The zero-order valence-corrected chi connectivity index (χ0v) is 17.4. The Hall–Kier alpha value is -3.78. The third kappa shape index (κ3) is 3.12. The molecule has 0 unspecified atom stereocenters. The minimum absolute atomic E-state index is 0.0987. The Bertz CT molecular complexity index is 1350. The Balaban J connectivity index is 1.45. The number of hydrogen-bond donors (Lipinski definition) is 0. The molecule has 0 bridgehead atoms. The predicted molar refractivity (Wildman–Crippen MR) is 118 cm³/mol. The number of benzene rings is 2. The van der Waals surface area contributed by atoms with Gasteiger partial charge in [-0.05, 0) is 29.8 Å². The topological polar surface area (TPSA) is 81.5 Å². The van der Waals surface area contributed by atoms with Gasteiger partial charge in [0.2, 0.25) is 0 Å². The molecular weight excluding hydrogens is 414 g/mol. The van der Waals surface area contributed by atoms with E-state index < -0.39 is 0 Å². The van der Waals surface area contributed by atoms with Crippen LogP contribution in [0.1, 0.15) is 20.7 Å². The van der Waals surface area contributed by atoms with E-state index >= 15 is 0 Å². The molecule has 8 heteroatoms. The summed E-state index contributed by atoms with van der Waals surface area (Å²) in [4.78, 5) is 44.6. The number of hydrogen-bond acceptors (Lipinski definition) is 6. The van der Waals surface area contributed by atoms with E-state index in [1.807, 2.05) is 29.6 Å². The Kier molecular flexibility index (Phi) is 4.63. The van der Waals surface area contributed by atoms with Crippen molar-refractivity contribution >= 4 is 33.4 Å². The van der Waals surface area contributed by atoms with Gasteiger partial charge in [-0.15, -0.1) is 11.3 Å². The molecule has 3 heterocycles. The van der Waals surface area contributed by atoms with Crippen LogP contribution in [-0.2, 0) is 6.54 Å². The van der Waals surface area contributed by atoms with Gasteiger partial charge in [-0.1, -0.05) is 24.3 Å². The molecule has 0 atom stereocenters. The first-order chi connectivity index (χ1) is 15.1. The lowest BCUT2D eigenvalue weighted by atomic mass is 10.1. The van der Waals surface area contributed by atoms with Crippen LogP contribution in [0.25, 0.3) is 21.3 Å². The van der Waals surface area contributed by atoms with Crippen LogP contribution in [0.3, 0.4) is 0 Å². The number of methoxy groups -OCH3 is 1. The first-order valence-electron chi connectivity index (χ1n) is 9.65. The van der Waals surface area contributed by atoms with Gasteiger partial charge < -0.3 is 4.74 Å². The molecule has 2 aromatic carbocycles. The Labute approximate surface area is 181 Å². The summed E-state index contributed by atoms with van der Waals surface area (Å²) in [5, 5.41) is 2.44. The largest absolute Gasteiger partial charge is 0.497 e. The normalized spacial score (nSPS) is 13.1. The van der Waals surface area contributed by atoms with Crippen LogP contribution in [0.5, 0.6) is 5.75 Å². The highest BCUT2D eigenvalue weighted by Crippen LogP contribution is 2.31. The average molecular weight is 431 g/mol. The van der Waals surface area contributed by atoms with Crippen LogP contribution in [0.15, 0.2) is 65.0 Å². The first kappa shape index (κ1) is 19.2. The van der Waals surface area contributed by atoms with Crippen molar-refractivity contribution in [3.05, 3.63) is 81.7 Å². The van der Waals surface area contributed by atoms with E-state index in [1.165, 1.54) is 27.1 Å². The zero-order chi connectivity index (χ0) is 21.5. The van der Waals surface area contributed by atoms with E-state index in [1.54, 1.807) is 31.4 Å². The molecule has 2 aromatic heterocycles. The van der Waals surface area contributed by atoms with Crippen molar-refractivity contribution in [3.8, 4) is 16.9 Å². The highest BCUT2D eigenvalue weighted by Gasteiger charge is 2.34. The number of fused-ring (bicyclic) bond motifs is 2. The summed E-state index contributed by atoms with van der Waals surface area (Å²) in [6.45, 7) is 0.270. The van der Waals surface area contributed by atoms with E-state index in [4.69, 9.17) is 4.74 Å². The average Bonchev–Trinajstić information content (AvgIpc) is 3.34. The summed E-state index contributed by atoms with van der Waals surface area (Å²) in [5.74, 6) is 0.0639. The summed E-state index contributed by atoms with van der Waals surface area (Å²) >= 11 is 1.40. The minimum atomic E-state index is -0.336. The molecule has 1 aliphatic rings. The second kappa shape index (κ2) is 7.48. The van der Waals surface area contributed by atoms with Crippen LogP contribution in [0.4, 0.5) is 0 Å². The van der Waals surface area contributed by atoms with Gasteiger partial charge in [0.05, 0.1) is 30.0 Å². The molecule has 5 rings (SSSR count). The Morgan fingerprint density at radius 1 is 0.903 bits per heavy atom. The molecule has 0 radical (unpaired) electrons. The monoisotopic (exact) mass is 431 g/mol. The van der Waals surface area contributed by atoms with Gasteiger partial charge in [0.15, 0.2) is 0 Å². The lowest BCUT2D eigenvalue weighted by Gasteiger charge is -2.14. The highest BCUT2D eigenvalue weighted by molar-refractivity contribution is 7.17. The number of amides is 2. The maximum atomic E-state index is 13.2. The maximum Gasteiger partial charge on any atom is 0.262 e. The number of rotatable bonds is 5. The lowest BCUT2D eigenvalue weighted by molar-refractivity contribution is 0.0648. The van der Waals surface area contributed by atoms with Gasteiger partial charge in [-0.25, -0.2) is 4.98 Å². The third-order valence-corrected chi connectivity index (χ3v) is 6.29. The summed E-state index contributed by atoms with van der Waals surface area (Å²) in [6, 6.07) is 14.2. The maximum absolute atomic E-state index is 13.2. The molecule has 154 valence electrons. The summed E-state index contributed by atoms with van der Waals surface area (Å²) < 4.78 is 6.65. The zero-order valence-electron chi connectivity index (χ0n) is 16.6. The SMILES string of the molecule is COc1ccc(-c2csc3ncn(CCN4C(=O)c5ccccc5C4=O)c(=O)c23)cc1. The molecule has 1 aliphatic heterocycles. The highest BCUT2D eigenvalue weighted by atomic mass is 32.1. The Morgan fingerprint density at radius 2 is 1.58 bits per heavy atom. The number of carbonyl (C=O) groups is 2. The fourth-order valence-electron chi connectivity index (χ4n) is 3.76. The van der Waals surface area contributed by atoms with Crippen molar-refractivity contribution in [2.45, 2.75) is 6.54 Å². The molecule has 2 amide bonds. The number of nitrogens with zero attached hydrogens (tertiary/aromatic N) is 3. The summed E-state index contributed by atoms with van der Waals surface area (Å²) in [5.41, 5.74) is 2.29. The quantitative estimate of drug-likeness (QED) is 0.452. The van der Waals surface area contributed by atoms with Gasteiger partial charge in [-0.3, -0.25) is 23.9 Å². The standard InChI is InChI=1S/C23H17N3O4S/c1-30-15-8-6-14(7-9-15)18-12-31-20-19(18)23(29)25(13-24-20)10-11-26-21(27)16-4-2-3-5-17(16)22(26)28/h2-9,12-13H,10-11H2,1H3. The smallest absolute Gasteiger partial charge is 0.262 e. The van der Waals surface area contributed by atoms with E-state index in [9.17, 15) is 14.4 Å². The lowest BCUT2D eigenvalue weighted by Crippen LogP contribution is -2.35. The van der Waals surface area contributed by atoms with Gasteiger partial charge in [-0.2, -0.15) is 0 Å². The number of imide groups is 1. The number of ether oxygens (including phenoxy) is 1. The molecular formula is C23H17N3O4S. The summed E-state index contributed by atoms with van der Waals surface area (Å²) in [7, 11) is 1.60. The van der Waals surface area contributed by atoms with E-state index in [0.29, 0.717) is 21.3 Å². The third-order valence-electron chi connectivity index (χ3n) is 5.40. The molecule has 7 nitrogen and oxygen atoms in total. The van der Waals surface area contributed by atoms with Crippen molar-refractivity contribution in [2.75, 3.05) is 13.7 Å². The summed E-state index contributed by atoms with van der Waals surface area (Å²) in [6.07, 6.45) is 1.47. The van der Waals surface area contributed by atoms with Crippen molar-refractivity contribution in [2.24, 2.45) is 0 Å². The molecule has 0 saturated heterocycles. The molecule has 0 fully saturated rings.